The van der Waals surface area contributed by atoms with Gasteiger partial charge in [0.15, 0.2) is 6.10 Å². The first-order valence-electron chi connectivity index (χ1n) is 9.07. The van der Waals surface area contributed by atoms with Crippen LogP contribution in [0.3, 0.4) is 0 Å². The molecule has 0 radical (unpaired) electrons. The lowest BCUT2D eigenvalue weighted by Crippen LogP contribution is -2.51. The van der Waals surface area contributed by atoms with Gasteiger partial charge in [-0.2, -0.15) is 0 Å². The van der Waals surface area contributed by atoms with Crippen LogP contribution in [0.15, 0.2) is 42.5 Å². The minimum absolute atomic E-state index is 0.0833. The highest BCUT2D eigenvalue weighted by Crippen LogP contribution is 2.35. The number of nitrogens with one attached hydrogen (secondary N) is 1. The second-order valence-electron chi connectivity index (χ2n) is 6.69. The van der Waals surface area contributed by atoms with E-state index in [4.69, 9.17) is 14.2 Å². The molecule has 2 aromatic carbocycles. The summed E-state index contributed by atoms with van der Waals surface area (Å²) in [7, 11) is -1.96. The molecule has 0 unspecified atom stereocenters. The third-order valence-electron chi connectivity index (χ3n) is 4.41. The number of nitrogens with zero attached hydrogens (tertiary/aromatic N) is 1. The van der Waals surface area contributed by atoms with Crippen LogP contribution in [-0.4, -0.2) is 53.5 Å². The van der Waals surface area contributed by atoms with Gasteiger partial charge in [0.2, 0.25) is 10.0 Å². The lowest BCUT2D eigenvalue weighted by Gasteiger charge is -2.34. The summed E-state index contributed by atoms with van der Waals surface area (Å²) >= 11 is 0. The molecule has 0 spiro atoms. The van der Waals surface area contributed by atoms with Gasteiger partial charge in [0.25, 0.3) is 5.91 Å². The van der Waals surface area contributed by atoms with E-state index >= 15 is 0 Å². The highest BCUT2D eigenvalue weighted by Gasteiger charge is 2.34. The van der Waals surface area contributed by atoms with E-state index in [2.05, 4.69) is 5.32 Å². The first kappa shape index (κ1) is 20.8. The van der Waals surface area contributed by atoms with Crippen molar-refractivity contribution in [2.75, 3.05) is 37.4 Å². The Morgan fingerprint density at radius 1 is 1.21 bits per heavy atom. The van der Waals surface area contributed by atoms with Crippen LogP contribution in [0.2, 0.25) is 0 Å². The van der Waals surface area contributed by atoms with E-state index in [1.54, 1.807) is 49.6 Å². The van der Waals surface area contributed by atoms with E-state index in [-0.39, 0.29) is 19.7 Å². The smallest absolute Gasteiger partial charge is 0.263 e. The highest BCUT2D eigenvalue weighted by molar-refractivity contribution is 7.92. The molecule has 0 aromatic heterocycles. The number of hydrogen-bond acceptors (Lipinski definition) is 6. The maximum atomic E-state index is 12.5. The molecule has 1 aliphatic heterocycles. The number of aryl methyl sites for hydroxylation is 1. The molecule has 1 amide bonds. The van der Waals surface area contributed by atoms with Crippen LogP contribution < -0.4 is 23.8 Å². The fourth-order valence-electron chi connectivity index (χ4n) is 2.94. The SMILES string of the molecule is COc1ccc(OCCNC(=O)[C@H]2CN(S(C)(=O)=O)c3ccc(C)cc3O2)cc1. The molecular formula is C20H24N2O6S. The van der Waals surface area contributed by atoms with Crippen LogP contribution in [0.25, 0.3) is 0 Å². The van der Waals surface area contributed by atoms with E-state index in [1.807, 2.05) is 6.92 Å². The van der Waals surface area contributed by atoms with Gasteiger partial charge in [0.05, 0.1) is 32.1 Å². The lowest BCUT2D eigenvalue weighted by molar-refractivity contribution is -0.127. The summed E-state index contributed by atoms with van der Waals surface area (Å²) in [5, 5.41) is 2.73. The van der Waals surface area contributed by atoms with Crippen molar-refractivity contribution in [3.05, 3.63) is 48.0 Å². The van der Waals surface area contributed by atoms with Crippen LogP contribution in [0.1, 0.15) is 5.56 Å². The largest absolute Gasteiger partial charge is 0.497 e. The monoisotopic (exact) mass is 420 g/mol. The number of sulfonamides is 1. The van der Waals surface area contributed by atoms with Gasteiger partial charge in [-0.15, -0.1) is 0 Å². The van der Waals surface area contributed by atoms with Gasteiger partial charge in [0.1, 0.15) is 23.9 Å². The standard InChI is InChI=1S/C20H24N2O6S/c1-14-4-9-17-18(12-14)28-19(13-22(17)29(3,24)25)20(23)21-10-11-27-16-7-5-15(26-2)6-8-16/h4-9,12,19H,10-11,13H2,1-3H3,(H,21,23)/t19-/m1/s1. The van der Waals surface area contributed by atoms with Crippen LogP contribution >= 0.6 is 0 Å². The maximum Gasteiger partial charge on any atom is 0.263 e. The number of ether oxygens (including phenoxy) is 3. The third-order valence-corrected chi connectivity index (χ3v) is 5.55. The topological polar surface area (TPSA) is 94.2 Å². The van der Waals surface area contributed by atoms with Crippen LogP contribution in [0.4, 0.5) is 5.69 Å². The number of benzene rings is 2. The summed E-state index contributed by atoms with van der Waals surface area (Å²) in [6.45, 7) is 2.30. The highest BCUT2D eigenvalue weighted by atomic mass is 32.2. The van der Waals surface area contributed by atoms with Crippen molar-refractivity contribution in [1.82, 2.24) is 5.32 Å². The molecule has 29 heavy (non-hydrogen) atoms. The lowest BCUT2D eigenvalue weighted by atomic mass is 10.1. The quantitative estimate of drug-likeness (QED) is 0.686. The summed E-state index contributed by atoms with van der Waals surface area (Å²) in [5.74, 6) is 1.35. The molecule has 1 aliphatic rings. The van der Waals surface area contributed by atoms with Crippen LogP contribution in [0, 0.1) is 6.92 Å². The fraction of sp³-hybridized carbons (Fsp3) is 0.350. The normalized spacial score (nSPS) is 15.8. The van der Waals surface area contributed by atoms with Gasteiger partial charge >= 0.3 is 0 Å². The average molecular weight is 420 g/mol. The predicted octanol–water partition coefficient (Wildman–Crippen LogP) is 1.73. The Bertz CT molecular complexity index is 975. The number of carbonyl (C=O) groups excluding carboxylic acids is 1. The van der Waals surface area contributed by atoms with Crippen molar-refractivity contribution < 1.29 is 27.4 Å². The van der Waals surface area contributed by atoms with Crippen LogP contribution in [-0.2, 0) is 14.8 Å². The Balaban J connectivity index is 1.59. The zero-order chi connectivity index (χ0) is 21.0. The zero-order valence-corrected chi connectivity index (χ0v) is 17.4. The summed E-state index contributed by atoms with van der Waals surface area (Å²) in [6.07, 6.45) is 0.166. The van der Waals surface area contributed by atoms with Gasteiger partial charge in [-0.1, -0.05) is 6.07 Å². The molecule has 0 fully saturated rings. The predicted molar refractivity (Wildman–Crippen MR) is 109 cm³/mol. The number of methoxy groups -OCH3 is 1. The average Bonchev–Trinajstić information content (AvgIpc) is 2.69. The molecule has 1 atom stereocenters. The number of hydrogen-bond donors (Lipinski definition) is 1. The molecule has 9 heteroatoms. The number of anilines is 1. The van der Waals surface area contributed by atoms with Gasteiger partial charge in [-0.05, 0) is 48.9 Å². The molecule has 1 N–H and O–H groups in total. The van der Waals surface area contributed by atoms with E-state index in [9.17, 15) is 13.2 Å². The van der Waals surface area contributed by atoms with E-state index in [0.717, 1.165) is 17.6 Å². The molecule has 156 valence electrons. The second kappa shape index (κ2) is 8.60. The number of rotatable bonds is 7. The number of amides is 1. The minimum atomic E-state index is -3.55. The zero-order valence-electron chi connectivity index (χ0n) is 16.5. The fourth-order valence-corrected chi connectivity index (χ4v) is 3.85. The van der Waals surface area contributed by atoms with Crippen molar-refractivity contribution in [3.63, 3.8) is 0 Å². The molecule has 0 saturated heterocycles. The van der Waals surface area contributed by atoms with E-state index < -0.39 is 22.0 Å². The van der Waals surface area contributed by atoms with Crippen molar-refractivity contribution in [2.45, 2.75) is 13.0 Å². The summed E-state index contributed by atoms with van der Waals surface area (Å²) in [4.78, 5) is 12.5. The first-order valence-corrected chi connectivity index (χ1v) is 10.9. The molecule has 8 nitrogen and oxygen atoms in total. The van der Waals surface area contributed by atoms with Crippen LogP contribution in [0.5, 0.6) is 17.2 Å². The van der Waals surface area contributed by atoms with Gasteiger partial charge in [-0.25, -0.2) is 8.42 Å². The number of carbonyl (C=O) groups is 1. The Hall–Kier alpha value is -2.94. The molecule has 3 rings (SSSR count). The van der Waals surface area contributed by atoms with Gasteiger partial charge in [-0.3, -0.25) is 9.10 Å². The van der Waals surface area contributed by atoms with Crippen molar-refractivity contribution >= 4 is 21.6 Å². The molecule has 0 aliphatic carbocycles. The van der Waals surface area contributed by atoms with Crippen molar-refractivity contribution in [3.8, 4) is 17.2 Å². The Labute approximate surface area is 170 Å². The Morgan fingerprint density at radius 3 is 2.55 bits per heavy atom. The summed E-state index contributed by atoms with van der Waals surface area (Å²) in [5.41, 5.74) is 1.34. The number of fused-ring (bicyclic) bond motifs is 1. The van der Waals surface area contributed by atoms with Gasteiger partial charge in [0, 0.05) is 0 Å². The molecule has 0 saturated carbocycles. The molecule has 2 aromatic rings. The first-order chi connectivity index (χ1) is 13.8. The van der Waals surface area contributed by atoms with Crippen molar-refractivity contribution in [2.24, 2.45) is 0 Å². The Morgan fingerprint density at radius 2 is 1.90 bits per heavy atom. The maximum absolute atomic E-state index is 12.5. The third kappa shape index (κ3) is 5.11. The molecule has 0 bridgehead atoms. The minimum Gasteiger partial charge on any atom is -0.497 e. The Kier molecular flexibility index (Phi) is 6.17. The van der Waals surface area contributed by atoms with E-state index in [1.165, 1.54) is 4.31 Å². The summed E-state index contributed by atoms with van der Waals surface area (Å²) < 4.78 is 42.0. The summed E-state index contributed by atoms with van der Waals surface area (Å²) in [6, 6.07) is 12.3. The second-order valence-corrected chi connectivity index (χ2v) is 8.59. The molecular weight excluding hydrogens is 396 g/mol. The van der Waals surface area contributed by atoms with Crippen molar-refractivity contribution in [1.29, 1.82) is 0 Å². The van der Waals surface area contributed by atoms with Gasteiger partial charge < -0.3 is 19.5 Å². The molecule has 1 heterocycles. The van der Waals surface area contributed by atoms with E-state index in [0.29, 0.717) is 17.2 Å².